The lowest BCUT2D eigenvalue weighted by Crippen LogP contribution is -2.28. The fraction of sp³-hybridized carbons (Fsp3) is 0.409. The molecule has 5 heteroatoms. The molecule has 27 heavy (non-hydrogen) atoms. The van der Waals surface area contributed by atoms with E-state index in [1.807, 2.05) is 25.1 Å². The number of carbonyl (C=O) groups is 1. The minimum atomic E-state index is -0.144. The van der Waals surface area contributed by atoms with E-state index >= 15 is 0 Å². The first-order valence-electron chi connectivity index (χ1n) is 9.43. The van der Waals surface area contributed by atoms with Crippen molar-refractivity contribution in [2.45, 2.75) is 39.8 Å². The van der Waals surface area contributed by atoms with Gasteiger partial charge in [0.25, 0.3) is 5.91 Å². The number of nitrogens with one attached hydrogen (secondary N) is 2. The lowest BCUT2D eigenvalue weighted by atomic mass is 10.0. The maximum absolute atomic E-state index is 11.6. The van der Waals surface area contributed by atoms with Crippen LogP contribution in [0.5, 0.6) is 11.5 Å². The zero-order valence-corrected chi connectivity index (χ0v) is 16.7. The van der Waals surface area contributed by atoms with E-state index < -0.39 is 0 Å². The van der Waals surface area contributed by atoms with Crippen molar-refractivity contribution in [2.75, 3.05) is 20.3 Å². The van der Waals surface area contributed by atoms with Crippen LogP contribution in [0.1, 0.15) is 43.0 Å². The Kier molecular flexibility index (Phi) is 8.14. The summed E-state index contributed by atoms with van der Waals surface area (Å²) in [4.78, 5) is 11.6. The molecule has 1 amide bonds. The molecule has 0 aliphatic heterocycles. The molecule has 0 spiro atoms. The van der Waals surface area contributed by atoms with E-state index in [-0.39, 0.29) is 12.5 Å². The van der Waals surface area contributed by atoms with Gasteiger partial charge < -0.3 is 20.1 Å². The molecule has 2 aromatic rings. The Morgan fingerprint density at radius 3 is 2.44 bits per heavy atom. The fourth-order valence-corrected chi connectivity index (χ4v) is 2.87. The number of amides is 1. The van der Waals surface area contributed by atoms with Crippen LogP contribution in [0.25, 0.3) is 0 Å². The smallest absolute Gasteiger partial charge is 0.257 e. The summed E-state index contributed by atoms with van der Waals surface area (Å²) in [6.07, 6.45) is 1.01. The first-order chi connectivity index (χ1) is 13.1. The molecule has 2 rings (SSSR count). The maximum Gasteiger partial charge on any atom is 0.257 e. The molecule has 0 bridgehead atoms. The predicted molar refractivity (Wildman–Crippen MR) is 108 cm³/mol. The molecule has 0 saturated heterocycles. The molecule has 146 valence electrons. The summed E-state index contributed by atoms with van der Waals surface area (Å²) < 4.78 is 11.0. The Hall–Kier alpha value is -2.53. The number of ether oxygens (including phenoxy) is 2. The van der Waals surface area contributed by atoms with E-state index in [4.69, 9.17) is 9.47 Å². The normalized spacial score (nSPS) is 11.7. The topological polar surface area (TPSA) is 59.6 Å². The Bertz CT molecular complexity index is 729. The van der Waals surface area contributed by atoms with Crippen LogP contribution in [0.3, 0.4) is 0 Å². The number of rotatable bonds is 10. The summed E-state index contributed by atoms with van der Waals surface area (Å²) in [5.41, 5.74) is 3.65. The second kappa shape index (κ2) is 10.6. The van der Waals surface area contributed by atoms with Crippen molar-refractivity contribution in [3.8, 4) is 11.5 Å². The van der Waals surface area contributed by atoms with Crippen LogP contribution in [-0.2, 0) is 11.3 Å². The summed E-state index contributed by atoms with van der Waals surface area (Å²) in [5.74, 6) is 1.05. The molecule has 2 N–H and O–H groups in total. The minimum Gasteiger partial charge on any atom is -0.493 e. The van der Waals surface area contributed by atoms with Gasteiger partial charge in [0.1, 0.15) is 0 Å². The Labute approximate surface area is 162 Å². The van der Waals surface area contributed by atoms with E-state index in [0.717, 1.165) is 18.5 Å². The Morgan fingerprint density at radius 1 is 1.07 bits per heavy atom. The van der Waals surface area contributed by atoms with E-state index in [0.29, 0.717) is 24.1 Å². The van der Waals surface area contributed by atoms with Gasteiger partial charge in [-0.2, -0.15) is 0 Å². The zero-order chi connectivity index (χ0) is 19.6. The average Bonchev–Trinajstić information content (AvgIpc) is 2.68. The third-order valence-corrected chi connectivity index (χ3v) is 4.40. The highest BCUT2D eigenvalue weighted by Gasteiger charge is 2.11. The molecule has 0 fully saturated rings. The molecule has 5 nitrogen and oxygen atoms in total. The highest BCUT2D eigenvalue weighted by molar-refractivity contribution is 5.77. The van der Waals surface area contributed by atoms with Crippen molar-refractivity contribution in [1.82, 2.24) is 10.6 Å². The number of aryl methyl sites for hydroxylation is 1. The van der Waals surface area contributed by atoms with Gasteiger partial charge >= 0.3 is 0 Å². The van der Waals surface area contributed by atoms with E-state index in [1.165, 1.54) is 11.1 Å². The molecule has 1 atom stereocenters. The second-order valence-corrected chi connectivity index (χ2v) is 6.48. The molecule has 0 aliphatic carbocycles. The number of benzene rings is 2. The van der Waals surface area contributed by atoms with Crippen LogP contribution in [0.2, 0.25) is 0 Å². The second-order valence-electron chi connectivity index (χ2n) is 6.48. The van der Waals surface area contributed by atoms with Crippen molar-refractivity contribution in [3.63, 3.8) is 0 Å². The third-order valence-electron chi connectivity index (χ3n) is 4.40. The fourth-order valence-electron chi connectivity index (χ4n) is 2.87. The molecular weight excluding hydrogens is 340 g/mol. The van der Waals surface area contributed by atoms with E-state index in [9.17, 15) is 4.79 Å². The number of likely N-dealkylation sites (N-methyl/N-ethyl adjacent to an activating group) is 1. The van der Waals surface area contributed by atoms with Crippen LogP contribution in [0, 0.1) is 6.92 Å². The van der Waals surface area contributed by atoms with Gasteiger partial charge in [0, 0.05) is 19.1 Å². The molecule has 2 aromatic carbocycles. The quantitative estimate of drug-likeness (QED) is 0.669. The summed E-state index contributed by atoms with van der Waals surface area (Å²) in [6, 6.07) is 14.7. The third kappa shape index (κ3) is 6.29. The van der Waals surface area contributed by atoms with Crippen LogP contribution in [0.15, 0.2) is 42.5 Å². The molecule has 0 heterocycles. The monoisotopic (exact) mass is 370 g/mol. The number of hydrogen-bond donors (Lipinski definition) is 2. The van der Waals surface area contributed by atoms with Gasteiger partial charge in [-0.1, -0.05) is 42.8 Å². The van der Waals surface area contributed by atoms with Gasteiger partial charge in [-0.05, 0) is 43.5 Å². The van der Waals surface area contributed by atoms with Crippen molar-refractivity contribution >= 4 is 5.91 Å². The van der Waals surface area contributed by atoms with Crippen molar-refractivity contribution in [3.05, 3.63) is 59.2 Å². The number of hydrogen-bond acceptors (Lipinski definition) is 4. The highest BCUT2D eigenvalue weighted by atomic mass is 16.5. The van der Waals surface area contributed by atoms with Gasteiger partial charge in [-0.3, -0.25) is 4.79 Å². The minimum absolute atomic E-state index is 0.0207. The molecule has 0 saturated carbocycles. The van der Waals surface area contributed by atoms with Gasteiger partial charge in [0.05, 0.1) is 7.11 Å². The van der Waals surface area contributed by atoms with Gasteiger partial charge in [0.2, 0.25) is 0 Å². The predicted octanol–water partition coefficient (Wildman–Crippen LogP) is 3.76. The lowest BCUT2D eigenvalue weighted by Gasteiger charge is -2.18. The first-order valence-corrected chi connectivity index (χ1v) is 9.43. The highest BCUT2D eigenvalue weighted by Crippen LogP contribution is 2.28. The van der Waals surface area contributed by atoms with Crippen molar-refractivity contribution in [1.29, 1.82) is 0 Å². The van der Waals surface area contributed by atoms with Crippen LogP contribution < -0.4 is 20.1 Å². The molecule has 1 unspecified atom stereocenters. The van der Waals surface area contributed by atoms with Crippen LogP contribution in [-0.4, -0.2) is 26.2 Å². The number of carbonyl (C=O) groups excluding carboxylic acids is 1. The Balaban J connectivity index is 1.99. The lowest BCUT2D eigenvalue weighted by molar-refractivity contribution is -0.123. The average molecular weight is 370 g/mol. The van der Waals surface area contributed by atoms with Gasteiger partial charge in [-0.25, -0.2) is 0 Å². The molecule has 0 aliphatic rings. The van der Waals surface area contributed by atoms with Gasteiger partial charge in [-0.15, -0.1) is 0 Å². The summed E-state index contributed by atoms with van der Waals surface area (Å²) in [6.45, 7) is 7.44. The van der Waals surface area contributed by atoms with Crippen molar-refractivity contribution in [2.24, 2.45) is 0 Å². The Morgan fingerprint density at radius 2 is 1.81 bits per heavy atom. The zero-order valence-electron chi connectivity index (χ0n) is 16.7. The maximum atomic E-state index is 11.6. The summed E-state index contributed by atoms with van der Waals surface area (Å²) >= 11 is 0. The largest absolute Gasteiger partial charge is 0.493 e. The SMILES string of the molecule is CCNC(=O)COc1ccc(CNC(CC)c2ccc(C)cc2)cc1OC. The van der Waals surface area contributed by atoms with E-state index in [2.05, 4.69) is 48.7 Å². The molecule has 0 radical (unpaired) electrons. The van der Waals surface area contributed by atoms with Crippen molar-refractivity contribution < 1.29 is 14.3 Å². The number of methoxy groups -OCH3 is 1. The van der Waals surface area contributed by atoms with E-state index in [1.54, 1.807) is 7.11 Å². The standard InChI is InChI=1S/C22H30N2O3/c1-5-19(18-10-7-16(3)8-11-18)24-14-17-9-12-20(21(13-17)26-4)27-15-22(25)23-6-2/h7-13,19,24H,5-6,14-15H2,1-4H3,(H,23,25). The van der Waals surface area contributed by atoms with Crippen LogP contribution >= 0.6 is 0 Å². The summed E-state index contributed by atoms with van der Waals surface area (Å²) in [5, 5.41) is 6.31. The van der Waals surface area contributed by atoms with Gasteiger partial charge in [0.15, 0.2) is 18.1 Å². The molecule has 0 aromatic heterocycles. The summed E-state index contributed by atoms with van der Waals surface area (Å²) in [7, 11) is 1.60. The van der Waals surface area contributed by atoms with Crippen LogP contribution in [0.4, 0.5) is 0 Å². The molecular formula is C22H30N2O3. The first kappa shape index (κ1) is 20.8.